The van der Waals surface area contributed by atoms with Crippen LogP contribution in [0.5, 0.6) is 0 Å². The molecule has 1 amide bonds. The first-order valence-electron chi connectivity index (χ1n) is 6.22. The van der Waals surface area contributed by atoms with Gasteiger partial charge in [0, 0.05) is 13.1 Å². The Balaban J connectivity index is 1.63. The normalized spacial score (nSPS) is 25.2. The molecule has 0 bridgehead atoms. The van der Waals surface area contributed by atoms with Gasteiger partial charge in [0.15, 0.2) is 6.10 Å². The molecule has 1 unspecified atom stereocenters. The van der Waals surface area contributed by atoms with Crippen LogP contribution >= 0.6 is 0 Å². The molecular formula is C12H20N2O3. The van der Waals surface area contributed by atoms with Gasteiger partial charge in [-0.25, -0.2) is 0 Å². The Bertz CT molecular complexity index is 285. The third kappa shape index (κ3) is 4.11. The Morgan fingerprint density at radius 3 is 3.18 bits per heavy atom. The summed E-state index contributed by atoms with van der Waals surface area (Å²) in [4.78, 5) is 11.7. The van der Waals surface area contributed by atoms with E-state index in [9.17, 15) is 4.79 Å². The number of amides is 1. The maximum atomic E-state index is 11.7. The zero-order chi connectivity index (χ0) is 11.9. The zero-order valence-corrected chi connectivity index (χ0v) is 10.0. The van der Waals surface area contributed by atoms with Crippen LogP contribution in [0.3, 0.4) is 0 Å². The molecule has 96 valence electrons. The summed E-state index contributed by atoms with van der Waals surface area (Å²) in [7, 11) is 0. The highest BCUT2D eigenvalue weighted by Crippen LogP contribution is 2.08. The van der Waals surface area contributed by atoms with Crippen LogP contribution in [0.2, 0.25) is 0 Å². The first-order valence-corrected chi connectivity index (χ1v) is 6.22. The summed E-state index contributed by atoms with van der Waals surface area (Å²) in [6.07, 6.45) is 3.79. The number of rotatable bonds is 4. The smallest absolute Gasteiger partial charge is 0.251 e. The number of ether oxygens (including phenoxy) is 2. The monoisotopic (exact) mass is 240 g/mol. The Labute approximate surface area is 102 Å². The second-order valence-corrected chi connectivity index (χ2v) is 4.29. The average molecular weight is 240 g/mol. The standard InChI is InChI=1S/C12H20N2O3/c15-12(11-9-16-7-8-17-11)14-6-3-10-1-4-13-5-2-10/h1,11,13H,2-9H2,(H,14,15). The Morgan fingerprint density at radius 2 is 2.47 bits per heavy atom. The van der Waals surface area contributed by atoms with E-state index in [0.29, 0.717) is 26.4 Å². The van der Waals surface area contributed by atoms with Crippen molar-refractivity contribution in [1.29, 1.82) is 0 Å². The summed E-state index contributed by atoms with van der Waals surface area (Å²) in [5, 5.41) is 6.16. The summed E-state index contributed by atoms with van der Waals surface area (Å²) in [5.41, 5.74) is 1.42. The molecule has 0 aliphatic carbocycles. The minimum Gasteiger partial charge on any atom is -0.376 e. The first-order chi connectivity index (χ1) is 8.36. The molecule has 1 saturated heterocycles. The lowest BCUT2D eigenvalue weighted by atomic mass is 10.1. The quantitative estimate of drug-likeness (QED) is 0.670. The maximum absolute atomic E-state index is 11.7. The SMILES string of the molecule is O=C(NCCC1=CCNCC1)C1COCCO1. The van der Waals surface area contributed by atoms with E-state index in [1.54, 1.807) is 0 Å². The van der Waals surface area contributed by atoms with Gasteiger partial charge >= 0.3 is 0 Å². The molecule has 0 saturated carbocycles. The molecule has 5 nitrogen and oxygen atoms in total. The minimum atomic E-state index is -0.425. The lowest BCUT2D eigenvalue weighted by Gasteiger charge is -2.22. The Kier molecular flexibility index (Phi) is 4.97. The van der Waals surface area contributed by atoms with Crippen molar-refractivity contribution in [3.8, 4) is 0 Å². The van der Waals surface area contributed by atoms with Crippen LogP contribution in [0.25, 0.3) is 0 Å². The van der Waals surface area contributed by atoms with Crippen molar-refractivity contribution < 1.29 is 14.3 Å². The highest BCUT2D eigenvalue weighted by molar-refractivity contribution is 5.80. The van der Waals surface area contributed by atoms with Gasteiger partial charge in [-0.2, -0.15) is 0 Å². The predicted octanol–water partition coefficient (Wildman–Crippen LogP) is -0.172. The van der Waals surface area contributed by atoms with Crippen molar-refractivity contribution in [3.05, 3.63) is 11.6 Å². The van der Waals surface area contributed by atoms with Crippen LogP contribution < -0.4 is 10.6 Å². The van der Waals surface area contributed by atoms with Gasteiger partial charge in [-0.05, 0) is 19.4 Å². The third-order valence-corrected chi connectivity index (χ3v) is 3.01. The van der Waals surface area contributed by atoms with Crippen molar-refractivity contribution in [2.45, 2.75) is 18.9 Å². The van der Waals surface area contributed by atoms with Gasteiger partial charge in [-0.15, -0.1) is 0 Å². The van der Waals surface area contributed by atoms with Crippen molar-refractivity contribution in [2.75, 3.05) is 39.5 Å². The van der Waals surface area contributed by atoms with Crippen LogP contribution in [0.15, 0.2) is 11.6 Å². The van der Waals surface area contributed by atoms with E-state index in [2.05, 4.69) is 16.7 Å². The topological polar surface area (TPSA) is 59.6 Å². The number of hydrogen-bond donors (Lipinski definition) is 2. The van der Waals surface area contributed by atoms with Gasteiger partial charge < -0.3 is 20.1 Å². The lowest BCUT2D eigenvalue weighted by molar-refractivity contribution is -0.147. The number of hydrogen-bond acceptors (Lipinski definition) is 4. The van der Waals surface area contributed by atoms with E-state index in [1.165, 1.54) is 5.57 Å². The molecule has 1 fully saturated rings. The molecular weight excluding hydrogens is 220 g/mol. The van der Waals surface area contributed by atoms with Crippen LogP contribution in [0, 0.1) is 0 Å². The fourth-order valence-corrected chi connectivity index (χ4v) is 2.00. The van der Waals surface area contributed by atoms with Gasteiger partial charge in [-0.1, -0.05) is 11.6 Å². The first kappa shape index (κ1) is 12.5. The Hall–Kier alpha value is -0.910. The molecule has 0 spiro atoms. The van der Waals surface area contributed by atoms with E-state index in [-0.39, 0.29) is 5.91 Å². The molecule has 2 aliphatic rings. The highest BCUT2D eigenvalue weighted by Gasteiger charge is 2.21. The molecule has 0 aromatic rings. The molecule has 2 N–H and O–H groups in total. The number of nitrogens with one attached hydrogen (secondary N) is 2. The molecule has 5 heteroatoms. The minimum absolute atomic E-state index is 0.0563. The molecule has 0 aromatic heterocycles. The molecule has 2 aliphatic heterocycles. The molecule has 17 heavy (non-hydrogen) atoms. The van der Waals surface area contributed by atoms with Crippen LogP contribution in [-0.4, -0.2) is 51.5 Å². The maximum Gasteiger partial charge on any atom is 0.251 e. The number of carbonyl (C=O) groups excluding carboxylic acids is 1. The summed E-state index contributed by atoms with van der Waals surface area (Å²) < 4.78 is 10.5. The van der Waals surface area contributed by atoms with Crippen molar-refractivity contribution in [1.82, 2.24) is 10.6 Å². The highest BCUT2D eigenvalue weighted by atomic mass is 16.6. The second-order valence-electron chi connectivity index (χ2n) is 4.29. The lowest BCUT2D eigenvalue weighted by Crippen LogP contribution is -2.43. The summed E-state index contributed by atoms with van der Waals surface area (Å²) >= 11 is 0. The van der Waals surface area contributed by atoms with Gasteiger partial charge in [0.05, 0.1) is 19.8 Å². The Morgan fingerprint density at radius 1 is 1.53 bits per heavy atom. The fourth-order valence-electron chi connectivity index (χ4n) is 2.00. The number of carbonyl (C=O) groups is 1. The zero-order valence-electron chi connectivity index (χ0n) is 10.0. The molecule has 2 heterocycles. The van der Waals surface area contributed by atoms with Crippen molar-refractivity contribution >= 4 is 5.91 Å². The molecule has 0 aromatic carbocycles. The second kappa shape index (κ2) is 6.74. The van der Waals surface area contributed by atoms with Crippen molar-refractivity contribution in [2.24, 2.45) is 0 Å². The summed E-state index contributed by atoms with van der Waals surface area (Å²) in [5.74, 6) is -0.0563. The van der Waals surface area contributed by atoms with Crippen LogP contribution in [-0.2, 0) is 14.3 Å². The molecule has 0 radical (unpaired) electrons. The summed E-state index contributed by atoms with van der Waals surface area (Å²) in [6, 6.07) is 0. The van der Waals surface area contributed by atoms with E-state index in [4.69, 9.17) is 9.47 Å². The average Bonchev–Trinajstić information content (AvgIpc) is 2.41. The molecule has 2 rings (SSSR count). The van der Waals surface area contributed by atoms with Crippen molar-refractivity contribution in [3.63, 3.8) is 0 Å². The van der Waals surface area contributed by atoms with Crippen LogP contribution in [0.4, 0.5) is 0 Å². The molecule has 1 atom stereocenters. The van der Waals surface area contributed by atoms with Gasteiger partial charge in [0.1, 0.15) is 0 Å². The van der Waals surface area contributed by atoms with E-state index in [0.717, 1.165) is 25.9 Å². The third-order valence-electron chi connectivity index (χ3n) is 3.01. The van der Waals surface area contributed by atoms with Gasteiger partial charge in [0.2, 0.25) is 0 Å². The fraction of sp³-hybridized carbons (Fsp3) is 0.750. The van der Waals surface area contributed by atoms with E-state index < -0.39 is 6.10 Å². The van der Waals surface area contributed by atoms with Gasteiger partial charge in [0.25, 0.3) is 5.91 Å². The van der Waals surface area contributed by atoms with Crippen LogP contribution in [0.1, 0.15) is 12.8 Å². The van der Waals surface area contributed by atoms with E-state index in [1.807, 2.05) is 0 Å². The largest absolute Gasteiger partial charge is 0.376 e. The summed E-state index contributed by atoms with van der Waals surface area (Å²) in [6.45, 7) is 4.14. The van der Waals surface area contributed by atoms with Gasteiger partial charge in [-0.3, -0.25) is 4.79 Å². The predicted molar refractivity (Wildman–Crippen MR) is 63.8 cm³/mol. The van der Waals surface area contributed by atoms with E-state index >= 15 is 0 Å².